The summed E-state index contributed by atoms with van der Waals surface area (Å²) in [5, 5.41) is 13.6. The third-order valence-corrected chi connectivity index (χ3v) is 4.37. The highest BCUT2D eigenvalue weighted by Gasteiger charge is 2.20. The van der Waals surface area contributed by atoms with Crippen LogP contribution < -0.4 is 10.1 Å². The van der Waals surface area contributed by atoms with Crippen LogP contribution >= 0.6 is 11.6 Å². The number of carbonyl (C=O) groups excluding carboxylic acids is 1. The molecule has 148 valence electrons. The second-order valence-electron chi connectivity index (χ2n) is 6.15. The van der Waals surface area contributed by atoms with E-state index in [1.54, 1.807) is 6.07 Å². The zero-order valence-corrected chi connectivity index (χ0v) is 15.9. The van der Waals surface area contributed by atoms with E-state index < -0.39 is 16.6 Å². The smallest absolute Gasteiger partial charge is 0.291 e. The molecule has 0 aliphatic carbocycles. The molecule has 8 heteroatoms. The van der Waals surface area contributed by atoms with Crippen molar-refractivity contribution in [1.29, 1.82) is 0 Å². The number of hydrogen-bond donors (Lipinski definition) is 1. The van der Waals surface area contributed by atoms with Gasteiger partial charge in [-0.15, -0.1) is 0 Å². The minimum atomic E-state index is -0.636. The molecule has 0 aliphatic heterocycles. The number of nitro groups is 1. The Hall–Kier alpha value is -3.45. The number of anilines is 1. The molecule has 0 unspecified atom stereocenters. The number of amides is 1. The van der Waals surface area contributed by atoms with Crippen LogP contribution in [0.1, 0.15) is 11.1 Å². The first-order chi connectivity index (χ1) is 13.9. The number of halogens is 2. The Labute approximate surface area is 171 Å². The van der Waals surface area contributed by atoms with Gasteiger partial charge in [0.2, 0.25) is 5.91 Å². The van der Waals surface area contributed by atoms with Gasteiger partial charge in [-0.3, -0.25) is 14.9 Å². The number of nitrogens with one attached hydrogen (secondary N) is 1. The molecule has 0 spiro atoms. The minimum absolute atomic E-state index is 0.0897. The summed E-state index contributed by atoms with van der Waals surface area (Å²) in [5.74, 6) is -0.915. The van der Waals surface area contributed by atoms with Crippen LogP contribution in [0.2, 0.25) is 5.02 Å². The third kappa shape index (κ3) is 5.30. The molecule has 0 fully saturated rings. The summed E-state index contributed by atoms with van der Waals surface area (Å²) in [6.07, 6.45) is -0.209. The van der Waals surface area contributed by atoms with E-state index in [2.05, 4.69) is 5.32 Å². The Morgan fingerprint density at radius 1 is 1.10 bits per heavy atom. The van der Waals surface area contributed by atoms with Gasteiger partial charge in [0.1, 0.15) is 23.2 Å². The van der Waals surface area contributed by atoms with Crippen LogP contribution in [0.25, 0.3) is 0 Å². The Morgan fingerprint density at radius 3 is 2.48 bits per heavy atom. The molecule has 0 aromatic heterocycles. The molecular formula is C21H16ClFN2O4. The van der Waals surface area contributed by atoms with Gasteiger partial charge in [-0.2, -0.15) is 0 Å². The van der Waals surface area contributed by atoms with Gasteiger partial charge in [-0.25, -0.2) is 4.39 Å². The first kappa shape index (κ1) is 20.3. The maximum Gasteiger partial charge on any atom is 0.291 e. The molecule has 0 saturated heterocycles. The van der Waals surface area contributed by atoms with E-state index in [4.69, 9.17) is 16.3 Å². The zero-order valence-electron chi connectivity index (χ0n) is 15.1. The largest absolute Gasteiger partial charge is 0.486 e. The minimum Gasteiger partial charge on any atom is -0.486 e. The molecule has 1 N–H and O–H groups in total. The lowest BCUT2D eigenvalue weighted by molar-refractivity contribution is -0.384. The maximum absolute atomic E-state index is 13.8. The van der Waals surface area contributed by atoms with Crippen molar-refractivity contribution >= 4 is 28.9 Å². The quantitative estimate of drug-likeness (QED) is 0.428. The summed E-state index contributed by atoms with van der Waals surface area (Å²) in [6.45, 7) is 0.135. The molecule has 6 nitrogen and oxygen atoms in total. The van der Waals surface area contributed by atoms with E-state index in [0.717, 1.165) is 11.6 Å². The predicted octanol–water partition coefficient (Wildman–Crippen LogP) is 5.15. The highest BCUT2D eigenvalue weighted by atomic mass is 35.5. The zero-order chi connectivity index (χ0) is 20.8. The Morgan fingerprint density at radius 2 is 1.79 bits per heavy atom. The number of carbonyl (C=O) groups is 1. The van der Waals surface area contributed by atoms with Crippen LogP contribution in [-0.4, -0.2) is 10.8 Å². The van der Waals surface area contributed by atoms with Gasteiger partial charge in [-0.1, -0.05) is 60.1 Å². The van der Waals surface area contributed by atoms with Gasteiger partial charge in [0.25, 0.3) is 5.69 Å². The van der Waals surface area contributed by atoms with Gasteiger partial charge in [-0.05, 0) is 23.3 Å². The molecule has 0 bridgehead atoms. The van der Waals surface area contributed by atoms with Gasteiger partial charge in [0.15, 0.2) is 0 Å². The van der Waals surface area contributed by atoms with Crippen molar-refractivity contribution in [3.8, 4) is 5.75 Å². The molecule has 1 amide bonds. The summed E-state index contributed by atoms with van der Waals surface area (Å²) < 4.78 is 19.5. The van der Waals surface area contributed by atoms with Crippen LogP contribution in [0.5, 0.6) is 5.75 Å². The predicted molar refractivity (Wildman–Crippen MR) is 108 cm³/mol. The average Bonchev–Trinajstić information content (AvgIpc) is 2.69. The SMILES string of the molecule is O=C(Cc1ccccc1F)Nc1cc(Cl)c([N+](=O)[O-])cc1OCc1ccccc1. The second-order valence-corrected chi connectivity index (χ2v) is 6.55. The summed E-state index contributed by atoms with van der Waals surface area (Å²) in [7, 11) is 0. The number of nitro benzene ring substituents is 1. The summed E-state index contributed by atoms with van der Waals surface area (Å²) in [4.78, 5) is 22.9. The van der Waals surface area contributed by atoms with Gasteiger partial charge < -0.3 is 10.1 Å². The van der Waals surface area contributed by atoms with Crippen molar-refractivity contribution in [2.75, 3.05) is 5.32 Å². The van der Waals surface area contributed by atoms with Crippen molar-refractivity contribution in [2.24, 2.45) is 0 Å². The molecule has 0 radical (unpaired) electrons. The van der Waals surface area contributed by atoms with E-state index in [1.807, 2.05) is 30.3 Å². The number of nitrogens with zero attached hydrogens (tertiary/aromatic N) is 1. The van der Waals surface area contributed by atoms with Gasteiger partial charge in [0.05, 0.1) is 23.1 Å². The molecule has 3 rings (SSSR count). The van der Waals surface area contributed by atoms with E-state index in [0.29, 0.717) is 0 Å². The van der Waals surface area contributed by atoms with Crippen LogP contribution in [0.15, 0.2) is 66.7 Å². The third-order valence-electron chi connectivity index (χ3n) is 4.07. The fraction of sp³-hybridized carbons (Fsp3) is 0.0952. The van der Waals surface area contributed by atoms with Crippen molar-refractivity contribution < 1.29 is 18.8 Å². The molecule has 3 aromatic carbocycles. The van der Waals surface area contributed by atoms with Crippen molar-refractivity contribution in [1.82, 2.24) is 0 Å². The summed E-state index contributed by atoms with van der Waals surface area (Å²) in [6, 6.07) is 17.5. The first-order valence-corrected chi connectivity index (χ1v) is 9.00. The fourth-order valence-corrected chi connectivity index (χ4v) is 2.88. The lowest BCUT2D eigenvalue weighted by atomic mass is 10.1. The maximum atomic E-state index is 13.8. The van der Waals surface area contributed by atoms with E-state index in [9.17, 15) is 19.3 Å². The highest BCUT2D eigenvalue weighted by Crippen LogP contribution is 2.36. The Balaban J connectivity index is 1.83. The molecule has 0 atom stereocenters. The number of ether oxygens (including phenoxy) is 1. The van der Waals surface area contributed by atoms with Crippen LogP contribution in [-0.2, 0) is 17.8 Å². The second kappa shape index (κ2) is 9.16. The Kier molecular flexibility index (Phi) is 6.41. The molecule has 3 aromatic rings. The number of hydrogen-bond acceptors (Lipinski definition) is 4. The van der Waals surface area contributed by atoms with Crippen molar-refractivity contribution in [2.45, 2.75) is 13.0 Å². The standard InChI is InChI=1S/C21H16ClFN2O4/c22-16-11-18(24-21(26)10-15-8-4-5-9-17(15)23)20(12-19(16)25(27)28)29-13-14-6-2-1-3-7-14/h1-9,11-12H,10,13H2,(H,24,26). The number of benzene rings is 3. The molecular weight excluding hydrogens is 399 g/mol. The summed E-state index contributed by atoms with van der Waals surface area (Å²) >= 11 is 5.97. The highest BCUT2D eigenvalue weighted by molar-refractivity contribution is 6.33. The van der Waals surface area contributed by atoms with E-state index >= 15 is 0 Å². The molecule has 0 heterocycles. The molecule has 0 aliphatic rings. The summed E-state index contributed by atoms with van der Waals surface area (Å²) in [5.41, 5.74) is 0.887. The van der Waals surface area contributed by atoms with Crippen molar-refractivity contribution in [3.63, 3.8) is 0 Å². The topological polar surface area (TPSA) is 81.5 Å². The van der Waals surface area contributed by atoms with Crippen LogP contribution in [0.4, 0.5) is 15.8 Å². The van der Waals surface area contributed by atoms with Gasteiger partial charge >= 0.3 is 0 Å². The monoisotopic (exact) mass is 414 g/mol. The van der Waals surface area contributed by atoms with Crippen LogP contribution in [0, 0.1) is 15.9 Å². The molecule has 29 heavy (non-hydrogen) atoms. The van der Waals surface area contributed by atoms with Crippen LogP contribution in [0.3, 0.4) is 0 Å². The Bertz CT molecular complexity index is 1040. The average molecular weight is 415 g/mol. The molecule has 0 saturated carbocycles. The van der Waals surface area contributed by atoms with Crippen molar-refractivity contribution in [3.05, 3.63) is 98.8 Å². The van der Waals surface area contributed by atoms with E-state index in [1.165, 1.54) is 24.3 Å². The normalized spacial score (nSPS) is 10.4. The lowest BCUT2D eigenvalue weighted by Gasteiger charge is -2.14. The lowest BCUT2D eigenvalue weighted by Crippen LogP contribution is -2.16. The van der Waals surface area contributed by atoms with Gasteiger partial charge in [0, 0.05) is 0 Å². The van der Waals surface area contributed by atoms with E-state index in [-0.39, 0.29) is 40.7 Å². The number of rotatable bonds is 7. The fourth-order valence-electron chi connectivity index (χ4n) is 2.64. The first-order valence-electron chi connectivity index (χ1n) is 8.62.